The van der Waals surface area contributed by atoms with Crippen molar-refractivity contribution in [2.45, 2.75) is 6.42 Å². The van der Waals surface area contributed by atoms with Crippen LogP contribution in [0.2, 0.25) is 15.1 Å². The fourth-order valence-corrected chi connectivity index (χ4v) is 2.80. The Morgan fingerprint density at radius 3 is 2.30 bits per heavy atom. The van der Waals surface area contributed by atoms with Crippen LogP contribution in [-0.4, -0.2) is 16.1 Å². The zero-order valence-corrected chi connectivity index (χ0v) is 12.3. The van der Waals surface area contributed by atoms with Gasteiger partial charge in [0.05, 0.1) is 22.2 Å². The number of rotatable bonds is 3. The van der Waals surface area contributed by atoms with Gasteiger partial charge in [0.25, 0.3) is 0 Å². The first-order chi connectivity index (χ1) is 9.38. The van der Waals surface area contributed by atoms with E-state index in [-0.39, 0.29) is 12.2 Å². The van der Waals surface area contributed by atoms with Crippen molar-refractivity contribution >= 4 is 46.6 Å². The topological polar surface area (TPSA) is 76.2 Å². The summed E-state index contributed by atoms with van der Waals surface area (Å²) in [6.45, 7) is 0. The van der Waals surface area contributed by atoms with E-state index < -0.39 is 5.97 Å². The van der Waals surface area contributed by atoms with Crippen molar-refractivity contribution < 1.29 is 9.90 Å². The second-order valence-electron chi connectivity index (χ2n) is 4.05. The highest BCUT2D eigenvalue weighted by Gasteiger charge is 2.14. The highest BCUT2D eigenvalue weighted by Crippen LogP contribution is 2.39. The maximum atomic E-state index is 10.6. The molecule has 0 spiro atoms. The number of nitrogens with zero attached hydrogens (tertiary/aromatic N) is 1. The van der Waals surface area contributed by atoms with Crippen molar-refractivity contribution in [3.63, 3.8) is 0 Å². The molecular weight excluding hydrogens is 323 g/mol. The van der Waals surface area contributed by atoms with Crippen molar-refractivity contribution in [3.8, 4) is 11.1 Å². The molecule has 0 unspecified atom stereocenters. The van der Waals surface area contributed by atoms with Crippen molar-refractivity contribution in [2.24, 2.45) is 0 Å². The summed E-state index contributed by atoms with van der Waals surface area (Å²) in [7, 11) is 0. The molecule has 0 atom stereocenters. The SMILES string of the molecule is Nc1nc(CC(=O)O)ccc1-c1c(Cl)cc(Cl)cc1Cl. The number of nitrogen functional groups attached to an aromatic ring is 1. The molecule has 1 aromatic carbocycles. The van der Waals surface area contributed by atoms with Gasteiger partial charge in [-0.15, -0.1) is 0 Å². The Hall–Kier alpha value is -1.49. The minimum atomic E-state index is -0.979. The molecule has 0 aliphatic heterocycles. The summed E-state index contributed by atoms with van der Waals surface area (Å²) in [4.78, 5) is 14.7. The van der Waals surface area contributed by atoms with Gasteiger partial charge in [0.15, 0.2) is 0 Å². The average molecular weight is 332 g/mol. The number of halogens is 3. The van der Waals surface area contributed by atoms with Crippen LogP contribution in [-0.2, 0) is 11.2 Å². The molecule has 3 N–H and O–H groups in total. The van der Waals surface area contributed by atoms with Crippen LogP contribution >= 0.6 is 34.8 Å². The first-order valence-electron chi connectivity index (χ1n) is 5.50. The van der Waals surface area contributed by atoms with Gasteiger partial charge in [0.2, 0.25) is 0 Å². The number of hydrogen-bond acceptors (Lipinski definition) is 3. The van der Waals surface area contributed by atoms with Gasteiger partial charge in [-0.3, -0.25) is 4.79 Å². The molecule has 0 bridgehead atoms. The van der Waals surface area contributed by atoms with Gasteiger partial charge >= 0.3 is 5.97 Å². The first-order valence-corrected chi connectivity index (χ1v) is 6.64. The summed E-state index contributed by atoms with van der Waals surface area (Å²) in [6, 6.07) is 6.31. The molecule has 0 radical (unpaired) electrons. The Bertz CT molecular complexity index is 666. The molecule has 7 heteroatoms. The van der Waals surface area contributed by atoms with Crippen molar-refractivity contribution in [1.82, 2.24) is 4.98 Å². The van der Waals surface area contributed by atoms with Crippen LogP contribution in [0.15, 0.2) is 24.3 Å². The van der Waals surface area contributed by atoms with E-state index in [1.807, 2.05) is 0 Å². The van der Waals surface area contributed by atoms with Crippen molar-refractivity contribution in [1.29, 1.82) is 0 Å². The van der Waals surface area contributed by atoms with Crippen LogP contribution in [0.1, 0.15) is 5.69 Å². The van der Waals surface area contributed by atoms with E-state index in [4.69, 9.17) is 45.6 Å². The van der Waals surface area contributed by atoms with Crippen LogP contribution in [0.4, 0.5) is 5.82 Å². The second kappa shape index (κ2) is 5.87. The van der Waals surface area contributed by atoms with Gasteiger partial charge in [-0.05, 0) is 24.3 Å². The lowest BCUT2D eigenvalue weighted by atomic mass is 10.1. The fraction of sp³-hybridized carbons (Fsp3) is 0.0769. The molecule has 0 saturated heterocycles. The molecule has 1 heterocycles. The van der Waals surface area contributed by atoms with Gasteiger partial charge in [-0.2, -0.15) is 0 Å². The number of anilines is 1. The van der Waals surface area contributed by atoms with Crippen molar-refractivity contribution in [2.75, 3.05) is 5.73 Å². The summed E-state index contributed by atoms with van der Waals surface area (Å²) < 4.78 is 0. The summed E-state index contributed by atoms with van der Waals surface area (Å²) in [5, 5.41) is 9.84. The summed E-state index contributed by atoms with van der Waals surface area (Å²) in [5.41, 5.74) is 7.26. The maximum absolute atomic E-state index is 10.6. The predicted molar refractivity (Wildman–Crippen MR) is 80.5 cm³/mol. The van der Waals surface area contributed by atoms with E-state index in [2.05, 4.69) is 4.98 Å². The minimum Gasteiger partial charge on any atom is -0.481 e. The van der Waals surface area contributed by atoms with Crippen LogP contribution in [0.25, 0.3) is 11.1 Å². The van der Waals surface area contributed by atoms with Crippen molar-refractivity contribution in [3.05, 3.63) is 45.0 Å². The number of pyridine rings is 1. The lowest BCUT2D eigenvalue weighted by Crippen LogP contribution is -2.05. The molecule has 4 nitrogen and oxygen atoms in total. The van der Waals surface area contributed by atoms with Gasteiger partial charge in [0, 0.05) is 16.1 Å². The molecule has 2 rings (SSSR count). The fourth-order valence-electron chi connectivity index (χ4n) is 1.78. The summed E-state index contributed by atoms with van der Waals surface area (Å²) in [6.07, 6.45) is -0.202. The second-order valence-corrected chi connectivity index (χ2v) is 5.30. The lowest BCUT2D eigenvalue weighted by Gasteiger charge is -2.11. The van der Waals surface area contributed by atoms with E-state index in [0.717, 1.165) is 0 Å². The lowest BCUT2D eigenvalue weighted by molar-refractivity contribution is -0.136. The van der Waals surface area contributed by atoms with Crippen LogP contribution in [0, 0.1) is 0 Å². The maximum Gasteiger partial charge on any atom is 0.309 e. The number of aliphatic carboxylic acids is 1. The number of nitrogens with two attached hydrogens (primary N) is 1. The molecule has 0 saturated carbocycles. The normalized spacial score (nSPS) is 10.6. The van der Waals surface area contributed by atoms with E-state index in [1.165, 1.54) is 0 Å². The molecule has 0 amide bonds. The van der Waals surface area contributed by atoms with Crippen LogP contribution in [0.3, 0.4) is 0 Å². The number of hydrogen-bond donors (Lipinski definition) is 2. The quantitative estimate of drug-likeness (QED) is 0.893. The molecular formula is C13H9Cl3N2O2. The van der Waals surface area contributed by atoms with Crippen LogP contribution in [0.5, 0.6) is 0 Å². The zero-order chi connectivity index (χ0) is 14.9. The van der Waals surface area contributed by atoms with E-state index in [1.54, 1.807) is 24.3 Å². The molecule has 1 aromatic heterocycles. The monoisotopic (exact) mass is 330 g/mol. The molecule has 2 aromatic rings. The Kier molecular flexibility index (Phi) is 4.38. The highest BCUT2D eigenvalue weighted by atomic mass is 35.5. The Morgan fingerprint density at radius 2 is 1.80 bits per heavy atom. The highest BCUT2D eigenvalue weighted by molar-refractivity contribution is 6.42. The largest absolute Gasteiger partial charge is 0.481 e. The number of carboxylic acids is 1. The summed E-state index contributed by atoms with van der Waals surface area (Å²) in [5.74, 6) is -0.818. The number of carboxylic acid groups (broad SMARTS) is 1. The first kappa shape index (κ1) is 14.9. The zero-order valence-electron chi connectivity index (χ0n) is 10.0. The Balaban J connectivity index is 2.51. The predicted octanol–water partition coefficient (Wildman–Crippen LogP) is 3.92. The number of benzene rings is 1. The van der Waals surface area contributed by atoms with E-state index >= 15 is 0 Å². The Morgan fingerprint density at radius 1 is 1.20 bits per heavy atom. The molecule has 104 valence electrons. The third kappa shape index (κ3) is 3.15. The molecule has 0 aliphatic carbocycles. The standard InChI is InChI=1S/C13H9Cl3N2O2/c14-6-3-9(15)12(10(16)4-6)8-2-1-7(5-11(19)20)18-13(8)17/h1-4H,5H2,(H2,17,18)(H,19,20). The summed E-state index contributed by atoms with van der Waals surface area (Å²) >= 11 is 18.1. The van der Waals surface area contributed by atoms with Gasteiger partial charge in [-0.25, -0.2) is 4.98 Å². The Labute approximate surface area is 130 Å². The average Bonchev–Trinajstić information content (AvgIpc) is 2.29. The third-order valence-electron chi connectivity index (χ3n) is 2.59. The minimum absolute atomic E-state index is 0.162. The van der Waals surface area contributed by atoms with E-state index in [9.17, 15) is 4.79 Å². The number of carbonyl (C=O) groups is 1. The number of aromatic nitrogens is 1. The van der Waals surface area contributed by atoms with E-state index in [0.29, 0.717) is 31.9 Å². The van der Waals surface area contributed by atoms with Crippen LogP contribution < -0.4 is 5.73 Å². The molecule has 0 aliphatic rings. The van der Waals surface area contributed by atoms with Gasteiger partial charge in [0.1, 0.15) is 5.82 Å². The van der Waals surface area contributed by atoms with Gasteiger partial charge in [-0.1, -0.05) is 34.8 Å². The molecule has 0 fully saturated rings. The smallest absolute Gasteiger partial charge is 0.309 e. The third-order valence-corrected chi connectivity index (χ3v) is 3.41. The van der Waals surface area contributed by atoms with Gasteiger partial charge < -0.3 is 10.8 Å². The molecule has 20 heavy (non-hydrogen) atoms.